The number of aromatic nitrogens is 1. The smallest absolute Gasteiger partial charge is 0.335 e. The normalized spacial score (nSPS) is 10.8. The Bertz CT molecular complexity index is 1260. The predicted octanol–water partition coefficient (Wildman–Crippen LogP) is 6.71. The molecule has 0 radical (unpaired) electrons. The molecule has 0 fully saturated rings. The number of aromatic carboxylic acids is 1. The summed E-state index contributed by atoms with van der Waals surface area (Å²) >= 11 is 3.62. The van der Waals surface area contributed by atoms with E-state index in [1.807, 2.05) is 25.1 Å². The molecule has 0 aliphatic carbocycles. The van der Waals surface area contributed by atoms with E-state index < -0.39 is 5.97 Å². The first-order valence-corrected chi connectivity index (χ1v) is 11.2. The molecular weight excluding hydrogens is 466 g/mol. The van der Waals surface area contributed by atoms with Crippen LogP contribution in [0.4, 0.5) is 0 Å². The van der Waals surface area contributed by atoms with Crippen molar-refractivity contribution in [2.24, 2.45) is 0 Å². The second kappa shape index (κ2) is 9.45. The molecule has 0 unspecified atom stereocenters. The van der Waals surface area contributed by atoms with Gasteiger partial charge in [-0.1, -0.05) is 40.2 Å². The van der Waals surface area contributed by atoms with Crippen LogP contribution in [0.15, 0.2) is 83.3 Å². The summed E-state index contributed by atoms with van der Waals surface area (Å²) < 4.78 is 8.38. The predicted molar refractivity (Wildman–Crippen MR) is 131 cm³/mol. The number of halogens is 1. The third-order valence-electron chi connectivity index (χ3n) is 5.62. The van der Waals surface area contributed by atoms with Crippen molar-refractivity contribution in [1.29, 1.82) is 0 Å². The van der Waals surface area contributed by atoms with Gasteiger partial charge >= 0.3 is 5.97 Å². The molecule has 0 bridgehead atoms. The molecule has 0 amide bonds. The van der Waals surface area contributed by atoms with Crippen LogP contribution in [0.25, 0.3) is 16.9 Å². The largest absolute Gasteiger partial charge is 0.497 e. The van der Waals surface area contributed by atoms with Gasteiger partial charge in [0, 0.05) is 21.4 Å². The van der Waals surface area contributed by atoms with Crippen molar-refractivity contribution in [2.45, 2.75) is 19.8 Å². The second-order valence-electron chi connectivity index (χ2n) is 7.70. The molecule has 0 saturated carbocycles. The Morgan fingerprint density at radius 3 is 2.47 bits per heavy atom. The highest BCUT2D eigenvalue weighted by molar-refractivity contribution is 9.10. The van der Waals surface area contributed by atoms with Crippen molar-refractivity contribution in [3.05, 3.63) is 106 Å². The van der Waals surface area contributed by atoms with Crippen molar-refractivity contribution in [2.75, 3.05) is 7.11 Å². The fourth-order valence-corrected chi connectivity index (χ4v) is 4.31. The van der Waals surface area contributed by atoms with Crippen molar-refractivity contribution in [3.63, 3.8) is 0 Å². The topological polar surface area (TPSA) is 51.5 Å². The number of benzene rings is 3. The Morgan fingerprint density at radius 2 is 1.75 bits per heavy atom. The first-order chi connectivity index (χ1) is 15.5. The van der Waals surface area contributed by atoms with E-state index in [-0.39, 0.29) is 5.56 Å². The lowest BCUT2D eigenvalue weighted by Crippen LogP contribution is -2.04. The number of rotatable bonds is 7. The van der Waals surface area contributed by atoms with E-state index in [9.17, 15) is 9.90 Å². The van der Waals surface area contributed by atoms with Gasteiger partial charge in [-0.2, -0.15) is 0 Å². The number of carboxylic acid groups (broad SMARTS) is 1. The zero-order chi connectivity index (χ0) is 22.7. The van der Waals surface area contributed by atoms with Gasteiger partial charge in [0.15, 0.2) is 0 Å². The highest BCUT2D eigenvalue weighted by Gasteiger charge is 2.15. The number of ether oxygens (including phenoxy) is 1. The van der Waals surface area contributed by atoms with Gasteiger partial charge < -0.3 is 14.4 Å². The zero-order valence-corrected chi connectivity index (χ0v) is 19.6. The second-order valence-corrected chi connectivity index (χ2v) is 8.62. The average molecular weight is 490 g/mol. The first kappa shape index (κ1) is 21.9. The van der Waals surface area contributed by atoms with Gasteiger partial charge in [0.05, 0.1) is 18.4 Å². The minimum absolute atomic E-state index is 0.274. The Kier molecular flexibility index (Phi) is 6.47. The highest BCUT2D eigenvalue weighted by atomic mass is 79.9. The van der Waals surface area contributed by atoms with Gasteiger partial charge in [-0.25, -0.2) is 4.79 Å². The maximum absolute atomic E-state index is 11.5. The number of aryl methyl sites for hydroxylation is 3. The quantitative estimate of drug-likeness (QED) is 0.313. The summed E-state index contributed by atoms with van der Waals surface area (Å²) in [4.78, 5) is 11.5. The molecule has 3 aromatic carbocycles. The van der Waals surface area contributed by atoms with E-state index in [0.717, 1.165) is 45.7 Å². The number of hydrogen-bond donors (Lipinski definition) is 1. The summed E-state index contributed by atoms with van der Waals surface area (Å²) in [6.07, 6.45) is 1.79. The monoisotopic (exact) mass is 489 g/mol. The van der Waals surface area contributed by atoms with Crippen LogP contribution in [0.3, 0.4) is 0 Å². The molecule has 0 atom stereocenters. The molecule has 0 spiro atoms. The van der Waals surface area contributed by atoms with Gasteiger partial charge in [0.25, 0.3) is 0 Å². The lowest BCUT2D eigenvalue weighted by molar-refractivity contribution is 0.0697. The molecule has 4 aromatic rings. The van der Waals surface area contributed by atoms with E-state index >= 15 is 0 Å². The molecule has 5 heteroatoms. The van der Waals surface area contributed by atoms with E-state index in [1.54, 1.807) is 25.3 Å². The fourth-order valence-electron chi connectivity index (χ4n) is 3.95. The van der Waals surface area contributed by atoms with Crippen LogP contribution in [0, 0.1) is 6.92 Å². The Hall–Kier alpha value is -3.31. The SMILES string of the molecule is COc1ccc(CCc2ccc(Br)cc2-c2ccc(C)n2-c2cccc(C(=O)O)c2)cc1. The molecule has 32 heavy (non-hydrogen) atoms. The van der Waals surface area contributed by atoms with E-state index in [2.05, 4.69) is 63.0 Å². The molecule has 4 nitrogen and oxygen atoms in total. The van der Waals surface area contributed by atoms with Crippen LogP contribution in [0.2, 0.25) is 0 Å². The maximum atomic E-state index is 11.5. The summed E-state index contributed by atoms with van der Waals surface area (Å²) in [5, 5.41) is 9.43. The fraction of sp³-hybridized carbons (Fsp3) is 0.148. The summed E-state index contributed by atoms with van der Waals surface area (Å²) in [7, 11) is 1.67. The molecule has 1 N–H and O–H groups in total. The average Bonchev–Trinajstić information content (AvgIpc) is 3.19. The molecule has 0 aliphatic heterocycles. The van der Waals surface area contributed by atoms with Gasteiger partial charge in [-0.3, -0.25) is 0 Å². The molecule has 162 valence electrons. The third-order valence-corrected chi connectivity index (χ3v) is 6.11. The van der Waals surface area contributed by atoms with Crippen LogP contribution in [0.5, 0.6) is 5.75 Å². The van der Waals surface area contributed by atoms with Crippen molar-refractivity contribution >= 4 is 21.9 Å². The molecule has 1 aromatic heterocycles. The molecule has 4 rings (SSSR count). The van der Waals surface area contributed by atoms with Gasteiger partial charge in [-0.15, -0.1) is 0 Å². The first-order valence-electron chi connectivity index (χ1n) is 10.4. The Morgan fingerprint density at radius 1 is 0.969 bits per heavy atom. The number of carboxylic acids is 1. The number of carbonyl (C=O) groups is 1. The standard InChI is InChI=1S/C27H24BrNO3/c1-18-6-15-26(29(18)23-5-3-4-21(16-23)27(30)31)25-17-22(28)12-11-20(25)10-7-19-8-13-24(32-2)14-9-19/h3-6,8-9,11-17H,7,10H2,1-2H3,(H,30,31). The summed E-state index contributed by atoms with van der Waals surface area (Å²) in [5.41, 5.74) is 6.80. The van der Waals surface area contributed by atoms with Gasteiger partial charge in [-0.05, 0) is 85.5 Å². The lowest BCUT2D eigenvalue weighted by atomic mass is 9.98. The van der Waals surface area contributed by atoms with Crippen LogP contribution >= 0.6 is 15.9 Å². The van der Waals surface area contributed by atoms with Crippen molar-refractivity contribution in [3.8, 4) is 22.7 Å². The van der Waals surface area contributed by atoms with Crippen LogP contribution in [0.1, 0.15) is 27.2 Å². The van der Waals surface area contributed by atoms with Crippen molar-refractivity contribution in [1.82, 2.24) is 4.57 Å². The minimum Gasteiger partial charge on any atom is -0.497 e. The Labute approximate surface area is 196 Å². The zero-order valence-electron chi connectivity index (χ0n) is 18.0. The van der Waals surface area contributed by atoms with Gasteiger partial charge in [0.2, 0.25) is 0 Å². The number of nitrogens with zero attached hydrogens (tertiary/aromatic N) is 1. The minimum atomic E-state index is -0.930. The third kappa shape index (κ3) is 4.63. The van der Waals surface area contributed by atoms with Crippen molar-refractivity contribution < 1.29 is 14.6 Å². The molecule has 0 aliphatic rings. The molecule has 1 heterocycles. The summed E-state index contributed by atoms with van der Waals surface area (Å²) in [6, 6.07) is 25.8. The Balaban J connectivity index is 1.72. The highest BCUT2D eigenvalue weighted by Crippen LogP contribution is 2.32. The molecule has 0 saturated heterocycles. The van der Waals surface area contributed by atoms with E-state index in [1.165, 1.54) is 11.1 Å². The summed E-state index contributed by atoms with van der Waals surface area (Å²) in [6.45, 7) is 2.03. The van der Waals surface area contributed by atoms with Crippen LogP contribution in [-0.2, 0) is 12.8 Å². The lowest BCUT2D eigenvalue weighted by Gasteiger charge is -2.16. The van der Waals surface area contributed by atoms with E-state index in [4.69, 9.17) is 4.74 Å². The van der Waals surface area contributed by atoms with E-state index in [0.29, 0.717) is 0 Å². The van der Waals surface area contributed by atoms with Crippen LogP contribution < -0.4 is 4.74 Å². The van der Waals surface area contributed by atoms with Gasteiger partial charge in [0.1, 0.15) is 5.75 Å². The summed E-state index contributed by atoms with van der Waals surface area (Å²) in [5.74, 6) is -0.0733. The maximum Gasteiger partial charge on any atom is 0.335 e. The number of methoxy groups -OCH3 is 1. The van der Waals surface area contributed by atoms with Crippen LogP contribution in [-0.4, -0.2) is 22.8 Å². The number of hydrogen-bond acceptors (Lipinski definition) is 2. The molecular formula is C27H24BrNO3.